The lowest BCUT2D eigenvalue weighted by atomic mass is 10.3. The molecule has 0 aliphatic carbocycles. The van der Waals surface area contributed by atoms with Gasteiger partial charge < -0.3 is 9.47 Å². The smallest absolute Gasteiger partial charge is 0.247 e. The van der Waals surface area contributed by atoms with E-state index in [4.69, 9.17) is 55.9 Å². The number of piperazine rings is 1. The fourth-order valence-corrected chi connectivity index (χ4v) is 7.90. The number of ether oxygens (including phenoxy) is 2. The van der Waals surface area contributed by atoms with Gasteiger partial charge in [-0.1, -0.05) is 46.4 Å². The van der Waals surface area contributed by atoms with Gasteiger partial charge in [-0.25, -0.2) is 16.8 Å². The number of hydrogen-bond acceptors (Lipinski definition) is 6. The predicted octanol–water partition coefficient (Wildman–Crippen LogP) is 4.40. The average molecular weight is 578 g/mol. The quantitative estimate of drug-likeness (QED) is 0.505. The molecule has 0 bridgehead atoms. The van der Waals surface area contributed by atoms with Crippen LogP contribution in [0.3, 0.4) is 0 Å². The number of rotatable bonds is 6. The van der Waals surface area contributed by atoms with Crippen LogP contribution in [0, 0.1) is 0 Å². The van der Waals surface area contributed by atoms with E-state index in [1.54, 1.807) is 6.92 Å². The van der Waals surface area contributed by atoms with E-state index in [2.05, 4.69) is 0 Å². The molecule has 33 heavy (non-hydrogen) atoms. The summed E-state index contributed by atoms with van der Waals surface area (Å²) in [6.45, 7) is 1.30. The standard InChI is InChI=1S/C19H20Cl4N2O6S2/c1-11-10-24(32(26,27)14-6-4-12(20)16(22)18(14)30-2)8-9-25(11)33(28,29)15-7-5-13(21)17(23)19(15)31-3/h4-7,11H,8-10H2,1-3H3/t11-/m0/s1. The number of hydrogen-bond donors (Lipinski definition) is 0. The summed E-state index contributed by atoms with van der Waals surface area (Å²) in [4.78, 5) is -0.317. The molecular weight excluding hydrogens is 558 g/mol. The van der Waals surface area contributed by atoms with Crippen molar-refractivity contribution in [3.05, 3.63) is 44.4 Å². The van der Waals surface area contributed by atoms with E-state index >= 15 is 0 Å². The second-order valence-corrected chi connectivity index (χ2v) is 12.4. The first-order valence-corrected chi connectivity index (χ1v) is 13.8. The summed E-state index contributed by atoms with van der Waals surface area (Å²) < 4.78 is 66.1. The van der Waals surface area contributed by atoms with Gasteiger partial charge in [0.2, 0.25) is 20.0 Å². The minimum atomic E-state index is -4.07. The van der Waals surface area contributed by atoms with Crippen molar-refractivity contribution in [2.45, 2.75) is 22.8 Å². The molecule has 2 aromatic carbocycles. The van der Waals surface area contributed by atoms with Gasteiger partial charge in [-0.3, -0.25) is 0 Å². The minimum absolute atomic E-state index is 0.0267. The molecule has 1 fully saturated rings. The zero-order valence-corrected chi connectivity index (χ0v) is 22.3. The van der Waals surface area contributed by atoms with Crippen molar-refractivity contribution in [1.82, 2.24) is 8.61 Å². The first kappa shape index (κ1) is 26.6. The highest BCUT2D eigenvalue weighted by atomic mass is 35.5. The molecule has 1 aliphatic rings. The molecule has 1 atom stereocenters. The molecule has 0 saturated carbocycles. The van der Waals surface area contributed by atoms with Crippen molar-refractivity contribution in [1.29, 1.82) is 0 Å². The lowest BCUT2D eigenvalue weighted by Crippen LogP contribution is -2.55. The molecule has 1 aliphatic heterocycles. The lowest BCUT2D eigenvalue weighted by Gasteiger charge is -2.38. The Hall–Kier alpha value is -0.980. The van der Waals surface area contributed by atoms with E-state index in [-0.39, 0.29) is 61.0 Å². The first-order valence-electron chi connectivity index (χ1n) is 9.43. The lowest BCUT2D eigenvalue weighted by molar-refractivity contribution is 0.212. The Morgan fingerprint density at radius 1 is 0.788 bits per heavy atom. The summed E-state index contributed by atoms with van der Waals surface area (Å²) >= 11 is 24.2. The van der Waals surface area contributed by atoms with Crippen LogP contribution in [0.15, 0.2) is 34.1 Å². The Balaban J connectivity index is 1.93. The van der Waals surface area contributed by atoms with E-state index in [9.17, 15) is 16.8 Å². The predicted molar refractivity (Wildman–Crippen MR) is 128 cm³/mol. The van der Waals surface area contributed by atoms with Crippen molar-refractivity contribution in [2.24, 2.45) is 0 Å². The third-order valence-electron chi connectivity index (χ3n) is 5.17. The van der Waals surface area contributed by atoms with E-state index in [1.807, 2.05) is 0 Å². The second-order valence-electron chi connectivity index (χ2n) is 7.11. The third-order valence-corrected chi connectivity index (χ3v) is 10.7. The SMILES string of the molecule is COc1c(S(=O)(=O)N2CCN(S(=O)(=O)c3ccc(Cl)c(Cl)c3OC)[C@@H](C)C2)ccc(Cl)c1Cl. The van der Waals surface area contributed by atoms with Crippen molar-refractivity contribution >= 4 is 66.5 Å². The van der Waals surface area contributed by atoms with Crippen molar-refractivity contribution in [3.8, 4) is 11.5 Å². The molecule has 0 aromatic heterocycles. The molecule has 0 unspecified atom stereocenters. The Labute approximate surface area is 213 Å². The first-order chi connectivity index (χ1) is 15.4. The highest BCUT2D eigenvalue weighted by molar-refractivity contribution is 7.89. The molecule has 14 heteroatoms. The summed E-state index contributed by atoms with van der Waals surface area (Å²) in [5.74, 6) is -0.153. The van der Waals surface area contributed by atoms with Gasteiger partial charge in [-0.2, -0.15) is 8.61 Å². The van der Waals surface area contributed by atoms with Gasteiger partial charge >= 0.3 is 0 Å². The van der Waals surface area contributed by atoms with Crippen LogP contribution < -0.4 is 9.47 Å². The Morgan fingerprint density at radius 3 is 1.67 bits per heavy atom. The van der Waals surface area contributed by atoms with Crippen LogP contribution in [0.5, 0.6) is 11.5 Å². The van der Waals surface area contributed by atoms with Gasteiger partial charge in [0.15, 0.2) is 11.5 Å². The zero-order valence-electron chi connectivity index (χ0n) is 17.7. The third kappa shape index (κ3) is 4.77. The molecule has 0 amide bonds. The summed E-state index contributed by atoms with van der Waals surface area (Å²) in [6, 6.07) is 4.63. The Kier molecular flexibility index (Phi) is 8.02. The number of benzene rings is 2. The molecule has 8 nitrogen and oxygen atoms in total. The minimum Gasteiger partial charge on any atom is -0.494 e. The molecule has 182 valence electrons. The van der Waals surface area contributed by atoms with Gasteiger partial charge in [0.05, 0.1) is 24.3 Å². The molecule has 3 rings (SSSR count). The van der Waals surface area contributed by atoms with Crippen LogP contribution >= 0.6 is 46.4 Å². The van der Waals surface area contributed by atoms with E-state index < -0.39 is 26.1 Å². The number of methoxy groups -OCH3 is 2. The van der Waals surface area contributed by atoms with E-state index in [0.29, 0.717) is 0 Å². The van der Waals surface area contributed by atoms with Crippen molar-refractivity contribution in [2.75, 3.05) is 33.9 Å². The number of halogens is 4. The highest BCUT2D eigenvalue weighted by Crippen LogP contribution is 2.41. The summed E-state index contributed by atoms with van der Waals surface area (Å²) in [7, 11) is -5.55. The normalized spacial score (nSPS) is 18.3. The molecule has 0 radical (unpaired) electrons. The van der Waals surface area contributed by atoms with Crippen LogP contribution in [-0.2, 0) is 20.0 Å². The zero-order chi connectivity index (χ0) is 24.7. The van der Waals surface area contributed by atoms with Gasteiger partial charge in [-0.15, -0.1) is 0 Å². The second kappa shape index (κ2) is 9.94. The van der Waals surface area contributed by atoms with Crippen LogP contribution in [0.2, 0.25) is 20.1 Å². The van der Waals surface area contributed by atoms with Crippen LogP contribution in [0.25, 0.3) is 0 Å². The van der Waals surface area contributed by atoms with Gasteiger partial charge in [0.1, 0.15) is 19.8 Å². The molecule has 1 heterocycles. The number of sulfonamides is 2. The Bertz CT molecular complexity index is 1290. The summed E-state index contributed by atoms with van der Waals surface area (Å²) in [5.41, 5.74) is 0. The average Bonchev–Trinajstić information content (AvgIpc) is 2.76. The van der Waals surface area contributed by atoms with Crippen LogP contribution in [0.1, 0.15) is 6.92 Å². The fourth-order valence-electron chi connectivity index (χ4n) is 3.56. The van der Waals surface area contributed by atoms with Gasteiger partial charge in [0, 0.05) is 25.7 Å². The maximum atomic E-state index is 13.4. The highest BCUT2D eigenvalue weighted by Gasteiger charge is 2.40. The molecule has 2 aromatic rings. The van der Waals surface area contributed by atoms with Crippen LogP contribution in [0.4, 0.5) is 0 Å². The summed E-state index contributed by atoms with van der Waals surface area (Å²) in [5, 5.41) is 0.237. The summed E-state index contributed by atoms with van der Waals surface area (Å²) in [6.07, 6.45) is 0. The van der Waals surface area contributed by atoms with Gasteiger partial charge in [0.25, 0.3) is 0 Å². The maximum Gasteiger partial charge on any atom is 0.247 e. The maximum absolute atomic E-state index is 13.4. The largest absolute Gasteiger partial charge is 0.494 e. The van der Waals surface area contributed by atoms with Gasteiger partial charge in [-0.05, 0) is 31.2 Å². The Morgan fingerprint density at radius 2 is 1.24 bits per heavy atom. The molecule has 0 N–H and O–H groups in total. The molecular formula is C19H20Cl4N2O6S2. The molecule has 0 spiro atoms. The van der Waals surface area contributed by atoms with E-state index in [1.165, 1.54) is 47.1 Å². The van der Waals surface area contributed by atoms with E-state index in [0.717, 1.165) is 0 Å². The monoisotopic (exact) mass is 576 g/mol. The van der Waals surface area contributed by atoms with Crippen molar-refractivity contribution < 1.29 is 26.3 Å². The van der Waals surface area contributed by atoms with Crippen LogP contribution in [-0.4, -0.2) is 65.3 Å². The topological polar surface area (TPSA) is 93.2 Å². The number of nitrogens with zero attached hydrogens (tertiary/aromatic N) is 2. The fraction of sp³-hybridized carbons (Fsp3) is 0.368. The molecule has 1 saturated heterocycles. The van der Waals surface area contributed by atoms with Crippen molar-refractivity contribution in [3.63, 3.8) is 0 Å².